The number of hydrogen-bond donors (Lipinski definition) is 2. The van der Waals surface area contributed by atoms with Crippen molar-refractivity contribution in [1.29, 1.82) is 0 Å². The summed E-state index contributed by atoms with van der Waals surface area (Å²) in [5, 5.41) is 6.92. The van der Waals surface area contributed by atoms with Crippen LogP contribution in [0.1, 0.15) is 32.3 Å². The van der Waals surface area contributed by atoms with Gasteiger partial charge in [0.25, 0.3) is 0 Å². The quantitative estimate of drug-likeness (QED) is 0.819. The van der Waals surface area contributed by atoms with Crippen molar-refractivity contribution in [2.24, 2.45) is 5.92 Å². The van der Waals surface area contributed by atoms with Gasteiger partial charge < -0.3 is 15.4 Å². The average molecular weight is 290 g/mol. The second-order valence-corrected chi connectivity index (χ2v) is 5.69. The molecule has 0 bridgehead atoms. The molecule has 2 N–H and O–H groups in total. The number of carbonyl (C=O) groups is 1. The van der Waals surface area contributed by atoms with Crippen molar-refractivity contribution in [3.05, 3.63) is 29.8 Å². The van der Waals surface area contributed by atoms with Gasteiger partial charge in [0.1, 0.15) is 5.54 Å². The van der Waals surface area contributed by atoms with Crippen molar-refractivity contribution >= 4 is 11.7 Å². The second-order valence-electron chi connectivity index (χ2n) is 5.69. The Morgan fingerprint density at radius 2 is 2.19 bits per heavy atom. The molecule has 1 saturated heterocycles. The third-order valence-electron chi connectivity index (χ3n) is 4.42. The molecular weight excluding hydrogens is 264 g/mol. The zero-order valence-corrected chi connectivity index (χ0v) is 13.2. The highest BCUT2D eigenvalue weighted by atomic mass is 16.5. The highest BCUT2D eigenvalue weighted by molar-refractivity contribution is 5.85. The Bertz CT molecular complexity index is 489. The van der Waals surface area contributed by atoms with Gasteiger partial charge in [0.05, 0.1) is 6.61 Å². The smallest absolute Gasteiger partial charge is 0.332 e. The summed E-state index contributed by atoms with van der Waals surface area (Å²) in [6.07, 6.45) is 1.68. The van der Waals surface area contributed by atoms with Gasteiger partial charge >= 0.3 is 5.97 Å². The number of ether oxygens (including phenoxy) is 1. The molecule has 4 nitrogen and oxygen atoms in total. The zero-order valence-electron chi connectivity index (χ0n) is 13.2. The predicted molar refractivity (Wildman–Crippen MR) is 85.4 cm³/mol. The van der Waals surface area contributed by atoms with Crippen molar-refractivity contribution in [2.45, 2.75) is 39.2 Å². The maximum absolute atomic E-state index is 12.7. The lowest BCUT2D eigenvalue weighted by Crippen LogP contribution is -2.60. The van der Waals surface area contributed by atoms with E-state index in [1.165, 1.54) is 0 Å². The van der Waals surface area contributed by atoms with Gasteiger partial charge in [-0.3, -0.25) is 0 Å². The maximum atomic E-state index is 12.7. The Kier molecular flexibility index (Phi) is 5.23. The second kappa shape index (κ2) is 6.94. The number of para-hydroxylation sites is 1. The van der Waals surface area contributed by atoms with E-state index in [9.17, 15) is 4.79 Å². The molecule has 0 aliphatic carbocycles. The molecule has 1 heterocycles. The molecule has 1 aromatic carbocycles. The maximum Gasteiger partial charge on any atom is 0.332 e. The number of rotatable bonds is 5. The van der Waals surface area contributed by atoms with Gasteiger partial charge in [-0.25, -0.2) is 4.79 Å². The lowest BCUT2D eigenvalue weighted by Gasteiger charge is -2.43. The van der Waals surface area contributed by atoms with Gasteiger partial charge in [0, 0.05) is 18.2 Å². The normalized spacial score (nSPS) is 25.4. The van der Waals surface area contributed by atoms with Gasteiger partial charge in [-0.05, 0) is 44.9 Å². The van der Waals surface area contributed by atoms with E-state index in [1.807, 2.05) is 25.1 Å². The van der Waals surface area contributed by atoms with Crippen LogP contribution < -0.4 is 10.6 Å². The minimum Gasteiger partial charge on any atom is -0.464 e. The van der Waals surface area contributed by atoms with Gasteiger partial charge in [0.2, 0.25) is 0 Å². The number of benzene rings is 1. The van der Waals surface area contributed by atoms with Crippen molar-refractivity contribution < 1.29 is 9.53 Å². The van der Waals surface area contributed by atoms with Crippen LogP contribution in [0.5, 0.6) is 0 Å². The Morgan fingerprint density at radius 3 is 2.86 bits per heavy atom. The molecule has 116 valence electrons. The molecule has 1 aliphatic heterocycles. The molecule has 1 aliphatic rings. The first-order valence-electron chi connectivity index (χ1n) is 7.85. The lowest BCUT2D eigenvalue weighted by molar-refractivity contribution is -0.151. The number of esters is 1. The van der Waals surface area contributed by atoms with Crippen LogP contribution in [0.2, 0.25) is 0 Å². The SMILES string of the molecule is CCOC(=O)C1(Nc2ccccc2C)CCNCC1CC. The number of anilines is 1. The number of aryl methyl sites for hydroxylation is 1. The zero-order chi connectivity index (χ0) is 15.3. The number of hydrogen-bond acceptors (Lipinski definition) is 4. The van der Waals surface area contributed by atoms with E-state index in [-0.39, 0.29) is 11.9 Å². The van der Waals surface area contributed by atoms with Gasteiger partial charge in [0.15, 0.2) is 0 Å². The van der Waals surface area contributed by atoms with Gasteiger partial charge in [-0.1, -0.05) is 25.1 Å². The molecule has 0 amide bonds. The molecule has 2 unspecified atom stereocenters. The molecule has 21 heavy (non-hydrogen) atoms. The summed E-state index contributed by atoms with van der Waals surface area (Å²) in [4.78, 5) is 12.7. The Labute approximate surface area is 127 Å². The highest BCUT2D eigenvalue weighted by Crippen LogP contribution is 2.33. The largest absolute Gasteiger partial charge is 0.464 e. The number of carbonyl (C=O) groups excluding carboxylic acids is 1. The summed E-state index contributed by atoms with van der Waals surface area (Å²) >= 11 is 0. The highest BCUT2D eigenvalue weighted by Gasteiger charge is 2.47. The number of piperidine rings is 1. The summed E-state index contributed by atoms with van der Waals surface area (Å²) in [6.45, 7) is 8.14. The minimum atomic E-state index is -0.623. The van der Waals surface area contributed by atoms with E-state index in [2.05, 4.69) is 30.5 Å². The standard InChI is InChI=1S/C17H26N2O2/c1-4-14-12-18-11-10-17(14,16(20)21-5-2)19-15-9-7-6-8-13(15)3/h6-9,14,18-19H,4-5,10-12H2,1-3H3. The topological polar surface area (TPSA) is 50.4 Å². The van der Waals surface area contributed by atoms with Crippen LogP contribution in [0, 0.1) is 12.8 Å². The van der Waals surface area contributed by atoms with E-state index >= 15 is 0 Å². The first-order chi connectivity index (χ1) is 10.1. The first kappa shape index (κ1) is 15.8. The lowest BCUT2D eigenvalue weighted by atomic mass is 9.76. The third kappa shape index (κ3) is 3.21. The predicted octanol–water partition coefficient (Wildman–Crippen LogP) is 2.73. The average Bonchev–Trinajstić information content (AvgIpc) is 2.50. The van der Waals surface area contributed by atoms with Crippen LogP contribution in [0.4, 0.5) is 5.69 Å². The first-order valence-corrected chi connectivity index (χ1v) is 7.85. The Balaban J connectivity index is 2.35. The van der Waals surface area contributed by atoms with Crippen molar-refractivity contribution in [3.63, 3.8) is 0 Å². The summed E-state index contributed by atoms with van der Waals surface area (Å²) in [5.41, 5.74) is 1.54. The summed E-state index contributed by atoms with van der Waals surface area (Å²) in [5.74, 6) is 0.103. The van der Waals surface area contributed by atoms with Crippen molar-refractivity contribution in [2.75, 3.05) is 25.0 Å². The molecule has 0 radical (unpaired) electrons. The third-order valence-corrected chi connectivity index (χ3v) is 4.42. The molecule has 1 aromatic rings. The van der Waals surface area contributed by atoms with Crippen LogP contribution in [0.3, 0.4) is 0 Å². The van der Waals surface area contributed by atoms with Crippen LogP contribution >= 0.6 is 0 Å². The van der Waals surface area contributed by atoms with Crippen LogP contribution in [0.15, 0.2) is 24.3 Å². The Morgan fingerprint density at radius 1 is 1.43 bits per heavy atom. The minimum absolute atomic E-state index is 0.124. The fourth-order valence-corrected chi connectivity index (χ4v) is 3.13. The molecular formula is C17H26N2O2. The van der Waals surface area contributed by atoms with Gasteiger partial charge in [-0.15, -0.1) is 0 Å². The van der Waals surface area contributed by atoms with E-state index in [1.54, 1.807) is 0 Å². The molecule has 2 rings (SSSR count). The molecule has 1 fully saturated rings. The van der Waals surface area contributed by atoms with Crippen LogP contribution in [-0.2, 0) is 9.53 Å². The summed E-state index contributed by atoms with van der Waals surface area (Å²) in [7, 11) is 0. The van der Waals surface area contributed by atoms with Crippen LogP contribution in [-0.4, -0.2) is 31.2 Å². The van der Waals surface area contributed by atoms with Crippen LogP contribution in [0.25, 0.3) is 0 Å². The van der Waals surface area contributed by atoms with Crippen molar-refractivity contribution in [1.82, 2.24) is 5.32 Å². The van der Waals surface area contributed by atoms with E-state index in [4.69, 9.17) is 4.74 Å². The Hall–Kier alpha value is -1.55. The van der Waals surface area contributed by atoms with E-state index in [0.29, 0.717) is 6.61 Å². The fourth-order valence-electron chi connectivity index (χ4n) is 3.13. The van der Waals surface area contributed by atoms with Gasteiger partial charge in [-0.2, -0.15) is 0 Å². The molecule has 0 spiro atoms. The fraction of sp³-hybridized carbons (Fsp3) is 0.588. The molecule has 0 aromatic heterocycles. The van der Waals surface area contributed by atoms with E-state index < -0.39 is 5.54 Å². The van der Waals surface area contributed by atoms with E-state index in [0.717, 1.165) is 37.2 Å². The number of nitrogens with one attached hydrogen (secondary N) is 2. The summed E-state index contributed by atoms with van der Waals surface area (Å²) in [6, 6.07) is 8.10. The molecule has 4 heteroatoms. The summed E-state index contributed by atoms with van der Waals surface area (Å²) < 4.78 is 5.40. The molecule has 0 saturated carbocycles. The molecule has 2 atom stereocenters. The monoisotopic (exact) mass is 290 g/mol. The van der Waals surface area contributed by atoms with Crippen molar-refractivity contribution in [3.8, 4) is 0 Å².